The number of ether oxygens (including phenoxy) is 2. The molecule has 0 spiro atoms. The molecule has 15 aromatic rings. The van der Waals surface area contributed by atoms with E-state index >= 15 is 17.6 Å². The van der Waals surface area contributed by atoms with Gasteiger partial charge in [-0.25, -0.2) is 17.6 Å². The van der Waals surface area contributed by atoms with E-state index in [9.17, 15) is 0 Å². The summed E-state index contributed by atoms with van der Waals surface area (Å²) in [6.07, 6.45) is 3.59. The lowest BCUT2D eigenvalue weighted by Gasteiger charge is -2.35. The number of fused-ring (bicyclic) bond motifs is 9. The van der Waals surface area contributed by atoms with E-state index in [-0.39, 0.29) is 23.3 Å². The van der Waals surface area contributed by atoms with Crippen molar-refractivity contribution in [3.8, 4) is 45.3 Å². The van der Waals surface area contributed by atoms with Gasteiger partial charge in [0.2, 0.25) is 0 Å². The molecule has 1 heterocycles. The number of benzene rings is 14. The van der Waals surface area contributed by atoms with E-state index in [1.54, 1.807) is 47.8 Å². The molecule has 0 fully saturated rings. The number of hydrogen-bond acceptors (Lipinski definition) is 5. The molecule has 1 aromatic heterocycles. The lowest BCUT2D eigenvalue weighted by Crippen LogP contribution is -2.28. The van der Waals surface area contributed by atoms with Crippen LogP contribution in [0.5, 0.6) is 23.0 Å². The van der Waals surface area contributed by atoms with Crippen LogP contribution in [-0.2, 0) is 10.8 Å². The fourth-order valence-corrected chi connectivity index (χ4v) is 16.2. The molecule has 0 radical (unpaired) electrons. The summed E-state index contributed by atoms with van der Waals surface area (Å²) in [5.74, 6) is 1.33. The second kappa shape index (κ2) is 24.4. The Labute approximate surface area is 574 Å². The largest absolute Gasteiger partial charge is 0.457 e. The normalized spacial score (nSPS) is 14.8. The highest BCUT2D eigenvalue weighted by atomic mass is 32.1. The van der Waals surface area contributed by atoms with Crippen molar-refractivity contribution >= 4 is 77.8 Å². The van der Waals surface area contributed by atoms with Gasteiger partial charge >= 0.3 is 0 Å². The van der Waals surface area contributed by atoms with E-state index in [0.29, 0.717) is 23.0 Å². The second-order valence-electron chi connectivity index (χ2n) is 25.0. The molecular formula is C90H58F4N2O2S. The number of nitrogens with zero attached hydrogens (tertiary/aromatic N) is 2. The van der Waals surface area contributed by atoms with Gasteiger partial charge in [0.25, 0.3) is 0 Å². The Bertz CT molecular complexity index is 5270. The average molecular weight is 1310 g/mol. The maximum Gasteiger partial charge on any atom is 0.127 e. The second-order valence-corrected chi connectivity index (χ2v) is 26.0. The maximum atomic E-state index is 15.2. The Hall–Kier alpha value is -12.3. The van der Waals surface area contributed by atoms with E-state index in [0.717, 1.165) is 132 Å². The van der Waals surface area contributed by atoms with Crippen LogP contribution in [0.2, 0.25) is 0 Å². The molecule has 474 valence electrons. The molecule has 99 heavy (non-hydrogen) atoms. The van der Waals surface area contributed by atoms with Crippen molar-refractivity contribution in [3.05, 3.63) is 408 Å². The highest BCUT2D eigenvalue weighted by Crippen LogP contribution is 2.60. The standard InChI is InChI=1S/C90H58F4N2O2S/c1-3-57-13-41-73(42-14-57)97-75-45-21-61(22-46-75)89(59-17-25-63(91)26-18-59)83-11-7-5-9-77(83)79-49-37-69(53-85(79)89)95(67-33-29-65(93)30-34-67)71-39-51-81-82-52-40-72(56-88(82)99-87(81)55-71)96(68-35-31-66(94)32-36-68)70-38-50-80-78-10-6-8-12-84(78)90(86(80)54-70,60-19-27-64(92)28-20-60)62-23-47-76(48-24-62)98-74-43-15-58(4-2)16-44-74/h3-56H,1-2H2. The van der Waals surface area contributed by atoms with Gasteiger partial charge in [0.1, 0.15) is 46.3 Å². The maximum absolute atomic E-state index is 15.2. The minimum Gasteiger partial charge on any atom is -0.457 e. The van der Waals surface area contributed by atoms with Gasteiger partial charge in [-0.2, -0.15) is 0 Å². The Kier molecular flexibility index (Phi) is 14.9. The summed E-state index contributed by atoms with van der Waals surface area (Å²) in [5, 5.41) is 2.11. The van der Waals surface area contributed by atoms with Crippen molar-refractivity contribution in [3.63, 3.8) is 0 Å². The predicted molar refractivity (Wildman–Crippen MR) is 396 cm³/mol. The Morgan fingerprint density at radius 2 is 0.566 bits per heavy atom. The molecule has 0 N–H and O–H groups in total. The Morgan fingerprint density at radius 3 is 0.919 bits per heavy atom. The van der Waals surface area contributed by atoms with Crippen LogP contribution in [0.3, 0.4) is 0 Å². The minimum absolute atomic E-state index is 0.338. The molecule has 0 bridgehead atoms. The monoisotopic (exact) mass is 1310 g/mol. The fraction of sp³-hybridized carbons (Fsp3) is 0.0222. The number of anilines is 6. The zero-order chi connectivity index (χ0) is 66.9. The van der Waals surface area contributed by atoms with Crippen LogP contribution >= 0.6 is 11.3 Å². The molecule has 0 saturated heterocycles. The average Bonchev–Trinajstić information content (AvgIpc) is 1.56. The van der Waals surface area contributed by atoms with Gasteiger partial charge in [0.15, 0.2) is 0 Å². The number of rotatable bonds is 16. The van der Waals surface area contributed by atoms with Crippen LogP contribution in [-0.4, -0.2) is 0 Å². The van der Waals surface area contributed by atoms with Crippen LogP contribution in [0, 0.1) is 23.3 Å². The topological polar surface area (TPSA) is 24.9 Å². The quantitative estimate of drug-likeness (QED) is 0.0900. The molecule has 4 nitrogen and oxygen atoms in total. The molecular weight excluding hydrogens is 1250 g/mol. The van der Waals surface area contributed by atoms with Gasteiger partial charge in [-0.3, -0.25) is 0 Å². The number of halogens is 4. The third-order valence-corrected chi connectivity index (χ3v) is 20.6. The molecule has 14 aromatic carbocycles. The van der Waals surface area contributed by atoms with Gasteiger partial charge < -0.3 is 19.3 Å². The molecule has 0 aliphatic heterocycles. The lowest BCUT2D eigenvalue weighted by atomic mass is 9.67. The van der Waals surface area contributed by atoms with E-state index in [1.807, 2.05) is 97.1 Å². The van der Waals surface area contributed by atoms with Crippen molar-refractivity contribution in [2.75, 3.05) is 9.80 Å². The molecule has 2 aliphatic carbocycles. The summed E-state index contributed by atoms with van der Waals surface area (Å²) >= 11 is 1.67. The van der Waals surface area contributed by atoms with E-state index in [2.05, 4.69) is 169 Å². The summed E-state index contributed by atoms with van der Waals surface area (Å²) in [7, 11) is 0. The molecule has 0 amide bonds. The first-order valence-corrected chi connectivity index (χ1v) is 33.5. The molecule has 0 saturated carbocycles. The summed E-state index contributed by atoms with van der Waals surface area (Å²) in [6.45, 7) is 7.78. The van der Waals surface area contributed by atoms with Crippen LogP contribution in [0.15, 0.2) is 329 Å². The van der Waals surface area contributed by atoms with Crippen molar-refractivity contribution in [2.45, 2.75) is 10.8 Å². The smallest absolute Gasteiger partial charge is 0.127 e. The van der Waals surface area contributed by atoms with E-state index in [1.165, 1.54) is 48.5 Å². The summed E-state index contributed by atoms with van der Waals surface area (Å²) in [4.78, 5) is 4.34. The lowest BCUT2D eigenvalue weighted by molar-refractivity contribution is 0.482. The fourth-order valence-electron chi connectivity index (χ4n) is 15.1. The van der Waals surface area contributed by atoms with Gasteiger partial charge in [-0.1, -0.05) is 171 Å². The number of hydrogen-bond donors (Lipinski definition) is 0. The van der Waals surface area contributed by atoms with Crippen LogP contribution in [0.1, 0.15) is 55.6 Å². The summed E-state index contributed by atoms with van der Waals surface area (Å²) in [5.41, 5.74) is 17.0. The van der Waals surface area contributed by atoms with Crippen molar-refractivity contribution in [1.29, 1.82) is 0 Å². The zero-order valence-corrected chi connectivity index (χ0v) is 54.0. The van der Waals surface area contributed by atoms with Crippen molar-refractivity contribution in [2.24, 2.45) is 0 Å². The first kappa shape index (κ1) is 60.4. The van der Waals surface area contributed by atoms with Gasteiger partial charge in [0.05, 0.1) is 10.8 Å². The van der Waals surface area contributed by atoms with Gasteiger partial charge in [-0.15, -0.1) is 11.3 Å². The third kappa shape index (κ3) is 10.3. The van der Waals surface area contributed by atoms with E-state index in [4.69, 9.17) is 9.47 Å². The molecule has 2 atom stereocenters. The highest BCUT2D eigenvalue weighted by Gasteiger charge is 2.48. The SMILES string of the molecule is C=Cc1ccc(Oc2ccc(C3(c4ccc(F)cc4)c4ccccc4-c4ccc(N(c5ccc(F)cc5)c5ccc6c(c5)sc5cc(N(c7ccc(F)cc7)c7ccc8c(c7)C(c7ccc(F)cc7)(c7ccc(Oc9ccc(C=C)cc9)cc7)c7ccccc7-8)ccc56)cc43)cc2)cc1. The van der Waals surface area contributed by atoms with E-state index < -0.39 is 10.8 Å². The van der Waals surface area contributed by atoms with Crippen molar-refractivity contribution < 1.29 is 27.0 Å². The molecule has 17 rings (SSSR count). The zero-order valence-electron chi connectivity index (χ0n) is 53.2. The third-order valence-electron chi connectivity index (χ3n) is 19.5. The van der Waals surface area contributed by atoms with Crippen molar-refractivity contribution in [1.82, 2.24) is 0 Å². The highest BCUT2D eigenvalue weighted by molar-refractivity contribution is 7.25. The minimum atomic E-state index is -0.915. The first-order valence-electron chi connectivity index (χ1n) is 32.6. The van der Waals surface area contributed by atoms with Gasteiger partial charge in [-0.05, 0) is 248 Å². The molecule has 2 aliphatic rings. The Balaban J connectivity index is 0.782. The van der Waals surface area contributed by atoms with Gasteiger partial charge in [0, 0.05) is 54.3 Å². The Morgan fingerprint density at radius 1 is 0.283 bits per heavy atom. The predicted octanol–water partition coefficient (Wildman–Crippen LogP) is 25.1. The number of thiophene rings is 1. The summed E-state index contributed by atoms with van der Waals surface area (Å²) < 4.78 is 75.4. The van der Waals surface area contributed by atoms with Crippen LogP contribution in [0.25, 0.3) is 54.6 Å². The first-order chi connectivity index (χ1) is 48.5. The van der Waals surface area contributed by atoms with Crippen LogP contribution in [0.4, 0.5) is 51.7 Å². The van der Waals surface area contributed by atoms with Crippen LogP contribution < -0.4 is 19.3 Å². The summed E-state index contributed by atoms with van der Waals surface area (Å²) in [6, 6.07) is 102. The molecule has 9 heteroatoms. The molecule has 2 unspecified atom stereocenters.